The van der Waals surface area contributed by atoms with Gasteiger partial charge in [-0.3, -0.25) is 4.99 Å². The summed E-state index contributed by atoms with van der Waals surface area (Å²) in [6, 6.07) is 4.90. The number of hydrogen-bond acceptors (Lipinski definition) is 5. The van der Waals surface area contributed by atoms with E-state index in [4.69, 9.17) is 4.74 Å². The van der Waals surface area contributed by atoms with Crippen LogP contribution in [-0.4, -0.2) is 54.5 Å². The van der Waals surface area contributed by atoms with Crippen molar-refractivity contribution < 1.29 is 27.8 Å². The van der Waals surface area contributed by atoms with Crippen LogP contribution in [0.25, 0.3) is 0 Å². The van der Waals surface area contributed by atoms with Crippen molar-refractivity contribution in [3.05, 3.63) is 107 Å². The lowest BCUT2D eigenvalue weighted by molar-refractivity contribution is 0.0690. The van der Waals surface area contributed by atoms with Crippen LogP contribution in [0.3, 0.4) is 0 Å². The van der Waals surface area contributed by atoms with E-state index >= 15 is 0 Å². The minimum absolute atomic E-state index is 0.00261. The van der Waals surface area contributed by atoms with Crippen LogP contribution in [0.15, 0.2) is 111 Å². The number of ether oxygens (including phenoxy) is 1. The van der Waals surface area contributed by atoms with Crippen molar-refractivity contribution in [2.45, 2.75) is 52.9 Å². The standard InChI is InChI=1S/C35H41F3N4O3/c1-5-42(32-17-9-16-31(41-32)35(43)44)33(39-4)21-26-11-7-12-27(25(3)20-26)22-29-14-8-15-30(38)34(40-29)45-23-24(2)10-6-13-28(37)18-19-36/h6,8-12,14,16-18,20,24H,5,7,13,15,19,21-23H2,1-4H3,(H,43,44)/b10-6?,28-18+,39-33?. The lowest BCUT2D eigenvalue weighted by Crippen LogP contribution is -2.32. The summed E-state index contributed by atoms with van der Waals surface area (Å²) in [6.45, 7) is 5.73. The lowest BCUT2D eigenvalue weighted by atomic mass is 9.99. The van der Waals surface area contributed by atoms with Gasteiger partial charge in [-0.05, 0) is 61.3 Å². The summed E-state index contributed by atoms with van der Waals surface area (Å²) in [5.74, 6) is -0.996. The van der Waals surface area contributed by atoms with E-state index < -0.39 is 24.3 Å². The SMILES string of the molecule is CCN(C(CC1=CCC=C(CC2=NC(OCC(C)C=CC/C(F)=C\CF)=C(F)CC=C2)C(C)=C1)=NC)c1cccc(C(=O)O)n1. The molecule has 45 heavy (non-hydrogen) atoms. The molecule has 0 radical (unpaired) electrons. The first-order chi connectivity index (χ1) is 21.6. The number of allylic oxidation sites excluding steroid dienone is 11. The van der Waals surface area contributed by atoms with Crippen LogP contribution in [0.4, 0.5) is 19.0 Å². The molecule has 2 heterocycles. The van der Waals surface area contributed by atoms with Crippen molar-refractivity contribution >= 4 is 23.3 Å². The normalized spacial score (nSPS) is 16.9. The summed E-state index contributed by atoms with van der Waals surface area (Å²) in [6.07, 6.45) is 15.9. The maximum Gasteiger partial charge on any atom is 0.354 e. The number of hydrogen-bond donors (Lipinski definition) is 1. The van der Waals surface area contributed by atoms with Gasteiger partial charge in [0, 0.05) is 50.9 Å². The molecule has 240 valence electrons. The summed E-state index contributed by atoms with van der Waals surface area (Å²) in [7, 11) is 1.71. The lowest BCUT2D eigenvalue weighted by Gasteiger charge is -2.24. The Morgan fingerprint density at radius 2 is 2.09 bits per heavy atom. The molecule has 1 atom stereocenters. The summed E-state index contributed by atoms with van der Waals surface area (Å²) >= 11 is 0. The molecular weight excluding hydrogens is 581 g/mol. The zero-order valence-electron chi connectivity index (χ0n) is 26.3. The second-order valence-corrected chi connectivity index (χ2v) is 10.6. The van der Waals surface area contributed by atoms with Crippen LogP contribution in [0.2, 0.25) is 0 Å². The number of anilines is 1. The summed E-state index contributed by atoms with van der Waals surface area (Å²) < 4.78 is 46.1. The molecule has 10 heteroatoms. The molecule has 3 rings (SSSR count). The fourth-order valence-electron chi connectivity index (χ4n) is 4.79. The van der Waals surface area contributed by atoms with Gasteiger partial charge in [0.15, 0.2) is 11.5 Å². The van der Waals surface area contributed by atoms with Gasteiger partial charge < -0.3 is 14.7 Å². The zero-order valence-corrected chi connectivity index (χ0v) is 26.3. The number of carboxylic acid groups (broad SMARTS) is 1. The van der Waals surface area contributed by atoms with Gasteiger partial charge in [0.25, 0.3) is 0 Å². The van der Waals surface area contributed by atoms with Gasteiger partial charge in [-0.1, -0.05) is 49.4 Å². The predicted molar refractivity (Wildman–Crippen MR) is 175 cm³/mol. The quantitative estimate of drug-likeness (QED) is 0.128. The minimum Gasteiger partial charge on any atom is -0.477 e. The monoisotopic (exact) mass is 622 g/mol. The summed E-state index contributed by atoms with van der Waals surface area (Å²) in [5, 5.41) is 9.37. The van der Waals surface area contributed by atoms with Gasteiger partial charge in [-0.15, -0.1) is 0 Å². The van der Waals surface area contributed by atoms with Crippen molar-refractivity contribution in [3.63, 3.8) is 0 Å². The zero-order chi connectivity index (χ0) is 32.8. The van der Waals surface area contributed by atoms with E-state index in [1.54, 1.807) is 37.4 Å². The first-order valence-electron chi connectivity index (χ1n) is 15.0. The van der Waals surface area contributed by atoms with E-state index in [0.29, 0.717) is 37.3 Å². The van der Waals surface area contributed by atoms with Crippen LogP contribution in [0, 0.1) is 5.92 Å². The molecule has 2 aliphatic rings. The molecule has 1 aromatic rings. The van der Waals surface area contributed by atoms with Gasteiger partial charge in [-0.2, -0.15) is 0 Å². The maximum atomic E-state index is 14.8. The molecular formula is C35H41F3N4O3. The van der Waals surface area contributed by atoms with Crippen molar-refractivity contribution in [2.75, 3.05) is 31.8 Å². The van der Waals surface area contributed by atoms with E-state index in [-0.39, 0.29) is 36.9 Å². The Morgan fingerprint density at radius 1 is 1.29 bits per heavy atom. The molecule has 1 aliphatic carbocycles. The number of aromatic nitrogens is 1. The van der Waals surface area contributed by atoms with Crippen LogP contribution in [0.5, 0.6) is 0 Å². The molecule has 7 nitrogen and oxygen atoms in total. The van der Waals surface area contributed by atoms with Gasteiger partial charge in [0.05, 0.1) is 6.61 Å². The Morgan fingerprint density at radius 3 is 2.80 bits per heavy atom. The Labute approximate surface area is 263 Å². The Hall–Kier alpha value is -4.47. The fraction of sp³-hybridized carbons (Fsp3) is 0.371. The van der Waals surface area contributed by atoms with Gasteiger partial charge >= 0.3 is 5.97 Å². The Bertz CT molecular complexity index is 1500. The molecule has 0 aromatic carbocycles. The third-order valence-corrected chi connectivity index (χ3v) is 7.15. The van der Waals surface area contributed by atoms with Gasteiger partial charge in [0.1, 0.15) is 24.2 Å². The number of nitrogens with zero attached hydrogens (tertiary/aromatic N) is 4. The highest BCUT2D eigenvalue weighted by atomic mass is 19.1. The molecule has 1 unspecified atom stereocenters. The minimum atomic E-state index is -1.09. The van der Waals surface area contributed by atoms with E-state index in [1.165, 1.54) is 6.07 Å². The Balaban J connectivity index is 1.68. The van der Waals surface area contributed by atoms with Crippen LogP contribution < -0.4 is 4.90 Å². The number of aliphatic imine (C=N–C) groups is 2. The van der Waals surface area contributed by atoms with Crippen molar-refractivity contribution in [1.29, 1.82) is 0 Å². The smallest absolute Gasteiger partial charge is 0.354 e. The van der Waals surface area contributed by atoms with Crippen molar-refractivity contribution in [3.8, 4) is 0 Å². The van der Waals surface area contributed by atoms with Crippen molar-refractivity contribution in [2.24, 2.45) is 15.9 Å². The number of carbonyl (C=O) groups is 1. The molecule has 0 amide bonds. The first-order valence-corrected chi connectivity index (χ1v) is 15.0. The average Bonchev–Trinajstić information content (AvgIpc) is 3.30. The van der Waals surface area contributed by atoms with Gasteiger partial charge in [-0.25, -0.2) is 27.9 Å². The van der Waals surface area contributed by atoms with Crippen LogP contribution >= 0.6 is 0 Å². The second-order valence-electron chi connectivity index (χ2n) is 10.6. The fourth-order valence-corrected chi connectivity index (χ4v) is 4.79. The van der Waals surface area contributed by atoms with Crippen LogP contribution in [-0.2, 0) is 4.74 Å². The molecule has 1 aromatic heterocycles. The predicted octanol–water partition coefficient (Wildman–Crippen LogP) is 8.58. The summed E-state index contributed by atoms with van der Waals surface area (Å²) in [4.78, 5) is 26.7. The van der Waals surface area contributed by atoms with E-state index in [0.717, 1.165) is 28.6 Å². The highest BCUT2D eigenvalue weighted by Gasteiger charge is 2.18. The topological polar surface area (TPSA) is 87.4 Å². The average molecular weight is 623 g/mol. The molecule has 0 bridgehead atoms. The third kappa shape index (κ3) is 10.9. The van der Waals surface area contributed by atoms with E-state index in [1.807, 2.05) is 31.7 Å². The van der Waals surface area contributed by atoms with Crippen LogP contribution in [0.1, 0.15) is 63.4 Å². The highest BCUT2D eigenvalue weighted by Crippen LogP contribution is 2.27. The summed E-state index contributed by atoms with van der Waals surface area (Å²) in [5.41, 5.74) is 3.80. The van der Waals surface area contributed by atoms with E-state index in [9.17, 15) is 23.1 Å². The highest BCUT2D eigenvalue weighted by molar-refractivity contribution is 5.99. The number of amidine groups is 1. The van der Waals surface area contributed by atoms with Gasteiger partial charge in [0.2, 0.25) is 5.88 Å². The van der Waals surface area contributed by atoms with Crippen molar-refractivity contribution in [1.82, 2.24) is 4.98 Å². The maximum absolute atomic E-state index is 14.8. The molecule has 1 N–H and O–H groups in total. The first kappa shape index (κ1) is 35.0. The number of halogens is 3. The third-order valence-electron chi connectivity index (χ3n) is 7.15. The number of rotatable bonds is 14. The molecule has 0 fully saturated rings. The number of carboxylic acids is 1. The second kappa shape index (κ2) is 17.7. The largest absolute Gasteiger partial charge is 0.477 e. The molecule has 0 saturated heterocycles. The number of aromatic carboxylic acids is 1. The molecule has 0 saturated carbocycles. The number of pyridine rings is 1. The Kier molecular flexibility index (Phi) is 13.8. The molecule has 0 spiro atoms. The number of alkyl halides is 1. The van der Waals surface area contributed by atoms with E-state index in [2.05, 4.69) is 33.2 Å². The molecule has 1 aliphatic heterocycles.